The first-order chi connectivity index (χ1) is 14.1. The van der Waals surface area contributed by atoms with Crippen LogP contribution in [0.25, 0.3) is 0 Å². The molecule has 1 atom stereocenters. The van der Waals surface area contributed by atoms with Crippen molar-refractivity contribution in [1.29, 1.82) is 0 Å². The molecule has 1 heterocycles. The van der Waals surface area contributed by atoms with Crippen LogP contribution in [0, 0.1) is 0 Å². The van der Waals surface area contributed by atoms with E-state index in [0.717, 1.165) is 48.5 Å². The van der Waals surface area contributed by atoms with E-state index in [-0.39, 0.29) is 18.8 Å². The highest BCUT2D eigenvalue weighted by atomic mass is 16.6. The summed E-state index contributed by atoms with van der Waals surface area (Å²) < 4.78 is 11.8. The number of aliphatic hydroxyl groups is 2. The van der Waals surface area contributed by atoms with Crippen molar-refractivity contribution in [2.75, 3.05) is 26.8 Å². The van der Waals surface area contributed by atoms with Gasteiger partial charge < -0.3 is 24.5 Å². The Balaban J connectivity index is 1.40. The molecule has 29 heavy (non-hydrogen) atoms. The van der Waals surface area contributed by atoms with Crippen LogP contribution < -0.4 is 9.47 Å². The van der Waals surface area contributed by atoms with E-state index in [4.69, 9.17) is 14.3 Å². The van der Waals surface area contributed by atoms with Crippen LogP contribution in [-0.2, 0) is 11.3 Å². The highest BCUT2D eigenvalue weighted by Crippen LogP contribution is 2.37. The predicted octanol–water partition coefficient (Wildman–Crippen LogP) is 2.46. The normalized spacial score (nSPS) is 23.3. The Hall–Kier alpha value is -1.83. The van der Waals surface area contributed by atoms with Gasteiger partial charge in [0.15, 0.2) is 18.1 Å². The third-order valence-corrected chi connectivity index (χ3v) is 6.25. The lowest BCUT2D eigenvalue weighted by Gasteiger charge is -2.32. The molecule has 0 spiro atoms. The third kappa shape index (κ3) is 4.85. The van der Waals surface area contributed by atoms with E-state index in [1.807, 2.05) is 11.0 Å². The summed E-state index contributed by atoms with van der Waals surface area (Å²) in [5.74, 6) is 1.56. The predicted molar refractivity (Wildman–Crippen MR) is 110 cm³/mol. The number of rotatable bonds is 7. The molecular weight excluding hydrogens is 372 g/mol. The quantitative estimate of drug-likeness (QED) is 0.680. The Labute approximate surface area is 172 Å². The zero-order chi connectivity index (χ0) is 20.2. The van der Waals surface area contributed by atoms with E-state index in [1.165, 1.54) is 18.4 Å². The average Bonchev–Trinajstić information content (AvgIpc) is 3.38. The van der Waals surface area contributed by atoms with Gasteiger partial charge in [0.2, 0.25) is 0 Å². The Kier molecular flexibility index (Phi) is 6.57. The number of likely N-dealkylation sites (tertiary alicyclic amines) is 1. The second kappa shape index (κ2) is 9.32. The van der Waals surface area contributed by atoms with E-state index in [2.05, 4.69) is 11.2 Å². The number of aliphatic hydroxyl groups excluding tert-OH is 2. The lowest BCUT2D eigenvalue weighted by molar-refractivity contribution is -0.0768. The summed E-state index contributed by atoms with van der Waals surface area (Å²) in [5, 5.41) is 24.2. The first kappa shape index (κ1) is 20.4. The minimum absolute atomic E-state index is 0.122. The fraction of sp³-hybridized carbons (Fsp3) is 0.682. The minimum atomic E-state index is -0.704. The second-order valence-electron chi connectivity index (χ2n) is 8.27. The number of aryl methyl sites for hydroxylation is 1. The maximum atomic E-state index is 10.3. The van der Waals surface area contributed by atoms with Gasteiger partial charge in [0.25, 0.3) is 0 Å². The van der Waals surface area contributed by atoms with E-state index in [9.17, 15) is 10.2 Å². The summed E-state index contributed by atoms with van der Waals surface area (Å²) in [5.41, 5.74) is 3.13. The number of nitrogens with zero attached hydrogens (tertiary/aromatic N) is 2. The molecule has 2 aliphatic carbocycles. The van der Waals surface area contributed by atoms with Crippen LogP contribution >= 0.6 is 0 Å². The fourth-order valence-corrected chi connectivity index (χ4v) is 4.47. The van der Waals surface area contributed by atoms with Crippen molar-refractivity contribution in [1.82, 2.24) is 4.90 Å². The standard InChI is InChI=1S/C22H32N2O5/c1-27-20-12-15-6-7-19(18(15)13-21(20)29-17-4-2-3-5-17)23-28-14-22(26)24-10-8-16(25)9-11-24/h12-13,16-17,22,25-26H,2-11,14H2,1H3/b23-19+. The first-order valence-electron chi connectivity index (χ1n) is 10.8. The summed E-state index contributed by atoms with van der Waals surface area (Å²) in [4.78, 5) is 7.43. The molecule has 1 aromatic carbocycles. The van der Waals surface area contributed by atoms with Gasteiger partial charge >= 0.3 is 0 Å². The molecular formula is C22H32N2O5. The topological polar surface area (TPSA) is 83.8 Å². The Morgan fingerprint density at radius 1 is 1.10 bits per heavy atom. The molecule has 0 bridgehead atoms. The van der Waals surface area contributed by atoms with E-state index in [0.29, 0.717) is 25.9 Å². The molecule has 1 unspecified atom stereocenters. The molecule has 4 rings (SSSR count). The van der Waals surface area contributed by atoms with Crippen molar-refractivity contribution in [3.8, 4) is 11.5 Å². The van der Waals surface area contributed by atoms with Crippen LogP contribution in [0.15, 0.2) is 17.3 Å². The van der Waals surface area contributed by atoms with Gasteiger partial charge in [-0.15, -0.1) is 0 Å². The molecule has 0 amide bonds. The number of hydrogen-bond donors (Lipinski definition) is 2. The van der Waals surface area contributed by atoms with Gasteiger partial charge in [-0.3, -0.25) is 4.90 Å². The second-order valence-corrected chi connectivity index (χ2v) is 8.27. The van der Waals surface area contributed by atoms with Gasteiger partial charge in [0, 0.05) is 18.7 Å². The number of methoxy groups -OCH3 is 1. The molecule has 160 valence electrons. The smallest absolute Gasteiger partial charge is 0.162 e. The summed E-state index contributed by atoms with van der Waals surface area (Å²) in [7, 11) is 1.68. The molecule has 7 nitrogen and oxygen atoms in total. The largest absolute Gasteiger partial charge is 0.493 e. The molecule has 1 aliphatic heterocycles. The van der Waals surface area contributed by atoms with Crippen LogP contribution in [0.3, 0.4) is 0 Å². The summed E-state index contributed by atoms with van der Waals surface area (Å²) in [6.07, 6.45) is 6.99. The summed E-state index contributed by atoms with van der Waals surface area (Å²) >= 11 is 0. The molecule has 1 saturated heterocycles. The van der Waals surface area contributed by atoms with Crippen LogP contribution in [-0.4, -0.2) is 66.1 Å². The molecule has 7 heteroatoms. The van der Waals surface area contributed by atoms with Crippen molar-refractivity contribution in [2.24, 2.45) is 5.16 Å². The lowest BCUT2D eigenvalue weighted by Crippen LogP contribution is -2.44. The van der Waals surface area contributed by atoms with E-state index < -0.39 is 6.23 Å². The van der Waals surface area contributed by atoms with Crippen LogP contribution in [0.2, 0.25) is 0 Å². The molecule has 1 saturated carbocycles. The first-order valence-corrected chi connectivity index (χ1v) is 10.8. The number of oxime groups is 1. The number of fused-ring (bicyclic) bond motifs is 1. The van der Waals surface area contributed by atoms with Crippen molar-refractivity contribution in [3.05, 3.63) is 23.3 Å². The molecule has 0 aromatic heterocycles. The van der Waals surface area contributed by atoms with Crippen molar-refractivity contribution in [3.63, 3.8) is 0 Å². The lowest BCUT2D eigenvalue weighted by atomic mass is 10.1. The molecule has 0 radical (unpaired) electrons. The maximum Gasteiger partial charge on any atom is 0.162 e. The highest BCUT2D eigenvalue weighted by Gasteiger charge is 2.26. The SMILES string of the molecule is COc1cc2c(cc1OC1CCCC1)/C(=N/OCC(O)N1CCC(O)CC1)CC2. The van der Waals surface area contributed by atoms with E-state index in [1.54, 1.807) is 7.11 Å². The molecule has 2 fully saturated rings. The van der Waals surface area contributed by atoms with Gasteiger partial charge in [0.05, 0.1) is 25.0 Å². The fourth-order valence-electron chi connectivity index (χ4n) is 4.47. The molecule has 2 N–H and O–H groups in total. The van der Waals surface area contributed by atoms with Gasteiger partial charge in [-0.05, 0) is 69.1 Å². The summed E-state index contributed by atoms with van der Waals surface area (Å²) in [6, 6.07) is 4.08. The van der Waals surface area contributed by atoms with Gasteiger partial charge in [0.1, 0.15) is 6.23 Å². The minimum Gasteiger partial charge on any atom is -0.493 e. The van der Waals surface area contributed by atoms with Gasteiger partial charge in [-0.25, -0.2) is 0 Å². The summed E-state index contributed by atoms with van der Waals surface area (Å²) in [6.45, 7) is 1.47. The highest BCUT2D eigenvalue weighted by molar-refractivity contribution is 6.04. The third-order valence-electron chi connectivity index (χ3n) is 6.25. The Morgan fingerprint density at radius 2 is 1.86 bits per heavy atom. The van der Waals surface area contributed by atoms with Crippen molar-refractivity contribution in [2.45, 2.75) is 69.8 Å². The zero-order valence-electron chi connectivity index (χ0n) is 17.2. The monoisotopic (exact) mass is 404 g/mol. The van der Waals surface area contributed by atoms with Crippen LogP contribution in [0.1, 0.15) is 56.1 Å². The van der Waals surface area contributed by atoms with E-state index >= 15 is 0 Å². The van der Waals surface area contributed by atoms with Crippen LogP contribution in [0.5, 0.6) is 11.5 Å². The Morgan fingerprint density at radius 3 is 2.59 bits per heavy atom. The van der Waals surface area contributed by atoms with Crippen molar-refractivity contribution >= 4 is 5.71 Å². The maximum absolute atomic E-state index is 10.3. The number of benzene rings is 1. The molecule has 1 aromatic rings. The Bertz CT molecular complexity index is 724. The van der Waals surface area contributed by atoms with Crippen LogP contribution in [0.4, 0.5) is 0 Å². The number of ether oxygens (including phenoxy) is 2. The average molecular weight is 405 g/mol. The van der Waals surface area contributed by atoms with Gasteiger partial charge in [-0.2, -0.15) is 0 Å². The zero-order valence-corrected chi connectivity index (χ0v) is 17.2. The number of hydrogen-bond acceptors (Lipinski definition) is 7. The van der Waals surface area contributed by atoms with Crippen molar-refractivity contribution < 1.29 is 24.5 Å². The van der Waals surface area contributed by atoms with Gasteiger partial charge in [-0.1, -0.05) is 5.16 Å². The number of piperidine rings is 1. The molecule has 3 aliphatic rings.